The summed E-state index contributed by atoms with van der Waals surface area (Å²) in [5, 5.41) is 16.5. The zero-order valence-electron chi connectivity index (χ0n) is 18.5. The molecule has 186 valence electrons. The van der Waals surface area contributed by atoms with Crippen LogP contribution in [0.15, 0.2) is 18.3 Å². The van der Waals surface area contributed by atoms with Crippen LogP contribution in [0, 0.1) is 11.7 Å². The number of halogens is 3. The third-order valence-corrected chi connectivity index (χ3v) is 7.10. The topological polar surface area (TPSA) is 140 Å². The number of rotatable bonds is 6. The summed E-state index contributed by atoms with van der Waals surface area (Å²) in [6.07, 6.45) is 3.56. The number of aliphatic hydroxyl groups is 1. The summed E-state index contributed by atoms with van der Waals surface area (Å²) < 4.78 is 20.9. The summed E-state index contributed by atoms with van der Waals surface area (Å²) >= 11 is 12.5. The Morgan fingerprint density at radius 1 is 1.17 bits per heavy atom. The molecule has 1 aromatic carbocycles. The third kappa shape index (κ3) is 4.86. The van der Waals surface area contributed by atoms with Crippen LogP contribution >= 0.6 is 23.2 Å². The lowest BCUT2D eigenvalue weighted by Crippen LogP contribution is -2.32. The smallest absolute Gasteiger partial charge is 0.225 e. The fraction of sp³-hybridized carbons (Fsp3) is 0.455. The Hall–Kier alpha value is -2.73. The van der Waals surface area contributed by atoms with Crippen molar-refractivity contribution in [2.45, 2.75) is 43.9 Å². The monoisotopic (exact) mass is 523 g/mol. The standard InChI is InChI=1S/C22H24Cl2FN7O3/c23-13-5-11(25)6-14(24)18(13)30-22-29-15-7-27-21(28-16-8-35-9-17(16)33)31-20(15)32(22)12-3-1-10(2-4-12)19(26)34/h5-7,10,12,16-17,33H,1-4,8-9H2,(H2,26,34)(H,29,30)(H,27,28,31)/t10?,12?,16-,17-/m1/s1. The normalized spacial score (nSPS) is 24.6. The highest BCUT2D eigenvalue weighted by atomic mass is 35.5. The van der Waals surface area contributed by atoms with Crippen molar-refractivity contribution in [2.75, 3.05) is 23.8 Å². The number of primary amides is 1. The lowest BCUT2D eigenvalue weighted by atomic mass is 9.85. The fourth-order valence-electron chi connectivity index (χ4n) is 4.63. The number of nitrogens with one attached hydrogen (secondary N) is 2. The zero-order chi connectivity index (χ0) is 24.7. The van der Waals surface area contributed by atoms with E-state index >= 15 is 0 Å². The fourth-order valence-corrected chi connectivity index (χ4v) is 5.19. The molecule has 2 atom stereocenters. The number of hydrogen-bond donors (Lipinski definition) is 4. The van der Waals surface area contributed by atoms with E-state index in [1.807, 2.05) is 4.57 Å². The predicted octanol–water partition coefficient (Wildman–Crippen LogP) is 3.40. The van der Waals surface area contributed by atoms with E-state index in [2.05, 4.69) is 25.6 Å². The van der Waals surface area contributed by atoms with Crippen LogP contribution in [0.25, 0.3) is 11.2 Å². The van der Waals surface area contributed by atoms with E-state index in [1.54, 1.807) is 6.20 Å². The van der Waals surface area contributed by atoms with E-state index in [9.17, 15) is 14.3 Å². The number of carbonyl (C=O) groups is 1. The first-order valence-electron chi connectivity index (χ1n) is 11.3. The molecule has 1 aliphatic carbocycles. The number of benzene rings is 1. The lowest BCUT2D eigenvalue weighted by Gasteiger charge is -2.29. The Labute approximate surface area is 210 Å². The van der Waals surface area contributed by atoms with Gasteiger partial charge < -0.3 is 26.2 Å². The Bertz CT molecular complexity index is 1240. The van der Waals surface area contributed by atoms with Gasteiger partial charge in [0.15, 0.2) is 5.65 Å². The molecule has 1 aliphatic heterocycles. The maximum atomic E-state index is 13.7. The van der Waals surface area contributed by atoms with Crippen LogP contribution in [-0.4, -0.2) is 55.9 Å². The van der Waals surface area contributed by atoms with E-state index in [0.29, 0.717) is 61.0 Å². The Morgan fingerprint density at radius 2 is 1.89 bits per heavy atom. The van der Waals surface area contributed by atoms with Crippen LogP contribution in [-0.2, 0) is 9.53 Å². The van der Waals surface area contributed by atoms with Gasteiger partial charge in [-0.1, -0.05) is 23.2 Å². The minimum absolute atomic E-state index is 0.0424. The molecule has 35 heavy (non-hydrogen) atoms. The Balaban J connectivity index is 1.54. The number of anilines is 3. The second kappa shape index (κ2) is 9.73. The Kier molecular flexibility index (Phi) is 6.67. The molecule has 2 aromatic heterocycles. The molecule has 13 heteroatoms. The lowest BCUT2D eigenvalue weighted by molar-refractivity contribution is -0.122. The molecule has 0 radical (unpaired) electrons. The van der Waals surface area contributed by atoms with Crippen molar-refractivity contribution in [3.05, 3.63) is 34.2 Å². The van der Waals surface area contributed by atoms with Crippen molar-refractivity contribution < 1.29 is 19.0 Å². The van der Waals surface area contributed by atoms with Gasteiger partial charge in [0.05, 0.1) is 47.3 Å². The zero-order valence-corrected chi connectivity index (χ0v) is 20.1. The SMILES string of the molecule is NC(=O)C1CCC(n2c(Nc3c(Cl)cc(F)cc3Cl)nc3cnc(N[C@@H]4COC[C@H]4O)nc32)CC1. The molecule has 0 bridgehead atoms. The number of amides is 1. The summed E-state index contributed by atoms with van der Waals surface area (Å²) in [5.74, 6) is -0.289. The van der Waals surface area contributed by atoms with Crippen molar-refractivity contribution in [3.63, 3.8) is 0 Å². The van der Waals surface area contributed by atoms with Crippen molar-refractivity contribution in [3.8, 4) is 0 Å². The largest absolute Gasteiger partial charge is 0.388 e. The highest BCUT2D eigenvalue weighted by Gasteiger charge is 2.30. The highest BCUT2D eigenvalue weighted by molar-refractivity contribution is 6.39. The van der Waals surface area contributed by atoms with Crippen LogP contribution in [0.1, 0.15) is 31.7 Å². The summed E-state index contributed by atoms with van der Waals surface area (Å²) in [4.78, 5) is 25.3. The molecule has 0 spiro atoms. The van der Waals surface area contributed by atoms with Gasteiger partial charge in [0, 0.05) is 12.0 Å². The Morgan fingerprint density at radius 3 is 2.51 bits per heavy atom. The highest BCUT2D eigenvalue weighted by Crippen LogP contribution is 2.39. The maximum absolute atomic E-state index is 13.7. The number of aliphatic hydroxyl groups excluding tert-OH is 1. The third-order valence-electron chi connectivity index (χ3n) is 6.51. The van der Waals surface area contributed by atoms with Crippen molar-refractivity contribution in [2.24, 2.45) is 11.7 Å². The number of hydrogen-bond acceptors (Lipinski definition) is 8. The van der Waals surface area contributed by atoms with Crippen molar-refractivity contribution in [1.82, 2.24) is 19.5 Å². The number of imidazole rings is 1. The van der Waals surface area contributed by atoms with E-state index in [-0.39, 0.29) is 40.6 Å². The molecule has 0 unspecified atom stereocenters. The van der Waals surface area contributed by atoms with Gasteiger partial charge in [-0.2, -0.15) is 4.98 Å². The number of fused-ring (bicyclic) bond motifs is 1. The van der Waals surface area contributed by atoms with Gasteiger partial charge in [0.2, 0.25) is 17.8 Å². The van der Waals surface area contributed by atoms with Crippen LogP contribution in [0.2, 0.25) is 10.0 Å². The van der Waals surface area contributed by atoms with Crippen LogP contribution in [0.5, 0.6) is 0 Å². The average Bonchev–Trinajstić information content (AvgIpc) is 3.38. The first kappa shape index (κ1) is 24.0. The number of ether oxygens (including phenoxy) is 1. The van der Waals surface area contributed by atoms with Gasteiger partial charge in [-0.05, 0) is 37.8 Å². The molecule has 3 aromatic rings. The maximum Gasteiger partial charge on any atom is 0.225 e. The minimum Gasteiger partial charge on any atom is -0.388 e. The number of nitrogens with zero attached hydrogens (tertiary/aromatic N) is 4. The molecule has 1 saturated carbocycles. The van der Waals surface area contributed by atoms with Crippen molar-refractivity contribution in [1.29, 1.82) is 0 Å². The predicted molar refractivity (Wildman–Crippen MR) is 129 cm³/mol. The van der Waals surface area contributed by atoms with Crippen LogP contribution in [0.3, 0.4) is 0 Å². The molecule has 5 N–H and O–H groups in total. The molecule has 1 saturated heterocycles. The molecule has 1 amide bonds. The van der Waals surface area contributed by atoms with Gasteiger partial charge in [-0.25, -0.2) is 14.4 Å². The number of aromatic nitrogens is 4. The van der Waals surface area contributed by atoms with Crippen molar-refractivity contribution >= 4 is 57.9 Å². The summed E-state index contributed by atoms with van der Waals surface area (Å²) in [5.41, 5.74) is 6.90. The molecular weight excluding hydrogens is 500 g/mol. The number of carbonyl (C=O) groups excluding carboxylic acids is 1. The molecule has 5 rings (SSSR count). The van der Waals surface area contributed by atoms with Gasteiger partial charge in [-0.3, -0.25) is 9.36 Å². The summed E-state index contributed by atoms with van der Waals surface area (Å²) in [6.45, 7) is 0.585. The first-order valence-corrected chi connectivity index (χ1v) is 12.0. The van der Waals surface area contributed by atoms with E-state index in [1.165, 1.54) is 0 Å². The van der Waals surface area contributed by atoms with Crippen LogP contribution in [0.4, 0.5) is 22.0 Å². The first-order chi connectivity index (χ1) is 16.8. The summed E-state index contributed by atoms with van der Waals surface area (Å²) in [7, 11) is 0. The quantitative estimate of drug-likeness (QED) is 0.385. The van der Waals surface area contributed by atoms with Gasteiger partial charge in [-0.15, -0.1) is 0 Å². The molecule has 3 heterocycles. The second-order valence-electron chi connectivity index (χ2n) is 8.84. The molecule has 10 nitrogen and oxygen atoms in total. The molecular formula is C22H24Cl2FN7O3. The molecule has 2 fully saturated rings. The summed E-state index contributed by atoms with van der Waals surface area (Å²) in [6, 6.07) is 1.96. The minimum atomic E-state index is -0.664. The van der Waals surface area contributed by atoms with Gasteiger partial charge >= 0.3 is 0 Å². The second-order valence-corrected chi connectivity index (χ2v) is 9.66. The van der Waals surface area contributed by atoms with Gasteiger partial charge in [0.25, 0.3) is 0 Å². The van der Waals surface area contributed by atoms with E-state index in [4.69, 9.17) is 33.7 Å². The molecule has 2 aliphatic rings. The van der Waals surface area contributed by atoms with E-state index < -0.39 is 11.9 Å². The van der Waals surface area contributed by atoms with Gasteiger partial charge in [0.1, 0.15) is 11.3 Å². The van der Waals surface area contributed by atoms with E-state index in [0.717, 1.165) is 12.1 Å². The van der Waals surface area contributed by atoms with Crippen LogP contribution < -0.4 is 16.4 Å². The number of nitrogens with two attached hydrogens (primary N) is 1. The average molecular weight is 524 g/mol.